The number of benzene rings is 1. The summed E-state index contributed by atoms with van der Waals surface area (Å²) in [6, 6.07) is 6.06. The van der Waals surface area contributed by atoms with Crippen LogP contribution in [0, 0.1) is 0 Å². The summed E-state index contributed by atoms with van der Waals surface area (Å²) in [6.45, 7) is 2.95. The molecule has 1 aromatic carbocycles. The first-order chi connectivity index (χ1) is 15.1. The van der Waals surface area contributed by atoms with Crippen LogP contribution in [-0.2, 0) is 0 Å². The largest absolute Gasteiger partial charge is 0.478 e. The van der Waals surface area contributed by atoms with Gasteiger partial charge in [0, 0.05) is 12.1 Å². The van der Waals surface area contributed by atoms with Crippen LogP contribution in [0.15, 0.2) is 24.3 Å². The highest BCUT2D eigenvalue weighted by atomic mass is 16.4. The Balaban J connectivity index is 1.83. The highest BCUT2D eigenvalue weighted by molar-refractivity contribution is 5.95. The standard InChI is InChI=1S/C27H45NO3/c1-2-3-4-5-6-7-8-9-10-11-12-13-14-15-16-17-18-23-28-26(29)24-19-21-25(22-20-24)27(30)31/h19-22H,2-18,23H2,1H3,(H,28,29)(H,30,31). The van der Waals surface area contributed by atoms with Crippen molar-refractivity contribution in [3.05, 3.63) is 35.4 Å². The van der Waals surface area contributed by atoms with Gasteiger partial charge in [-0.3, -0.25) is 4.79 Å². The lowest BCUT2D eigenvalue weighted by molar-refractivity contribution is 0.0696. The number of amides is 1. The van der Waals surface area contributed by atoms with Crippen molar-refractivity contribution in [2.45, 2.75) is 116 Å². The first-order valence-corrected chi connectivity index (χ1v) is 12.8. The Bertz CT molecular complexity index is 583. The van der Waals surface area contributed by atoms with Crippen LogP contribution >= 0.6 is 0 Å². The minimum absolute atomic E-state index is 0.131. The summed E-state index contributed by atoms with van der Waals surface area (Å²) in [4.78, 5) is 22.9. The van der Waals surface area contributed by atoms with Crippen LogP contribution in [0.4, 0.5) is 0 Å². The number of carboxylic acids is 1. The smallest absolute Gasteiger partial charge is 0.335 e. The highest BCUT2D eigenvalue weighted by Gasteiger charge is 2.07. The molecule has 1 rings (SSSR count). The van der Waals surface area contributed by atoms with Gasteiger partial charge in [0.25, 0.3) is 5.91 Å². The number of nitrogens with one attached hydrogen (secondary N) is 1. The Morgan fingerprint density at radius 1 is 0.613 bits per heavy atom. The Labute approximate surface area is 190 Å². The van der Waals surface area contributed by atoms with Crippen LogP contribution in [0.1, 0.15) is 137 Å². The Kier molecular flexibility index (Phi) is 16.6. The number of carbonyl (C=O) groups excluding carboxylic acids is 1. The van der Waals surface area contributed by atoms with Gasteiger partial charge < -0.3 is 10.4 Å². The fourth-order valence-corrected chi connectivity index (χ4v) is 3.92. The third-order valence-electron chi connectivity index (χ3n) is 5.96. The molecular weight excluding hydrogens is 386 g/mol. The number of rotatable bonds is 20. The topological polar surface area (TPSA) is 66.4 Å². The van der Waals surface area contributed by atoms with Crippen molar-refractivity contribution in [2.75, 3.05) is 6.54 Å². The van der Waals surface area contributed by atoms with Gasteiger partial charge in [0.05, 0.1) is 5.56 Å². The van der Waals surface area contributed by atoms with Crippen molar-refractivity contribution in [2.24, 2.45) is 0 Å². The van der Waals surface area contributed by atoms with Crippen molar-refractivity contribution in [3.63, 3.8) is 0 Å². The Morgan fingerprint density at radius 2 is 0.968 bits per heavy atom. The summed E-state index contributed by atoms with van der Waals surface area (Å²) in [5.41, 5.74) is 0.710. The van der Waals surface area contributed by atoms with Gasteiger partial charge in [-0.15, -0.1) is 0 Å². The zero-order chi connectivity index (χ0) is 22.6. The predicted octanol–water partition coefficient (Wildman–Crippen LogP) is 7.77. The number of hydrogen-bond acceptors (Lipinski definition) is 2. The van der Waals surface area contributed by atoms with Crippen LogP contribution < -0.4 is 5.32 Å². The van der Waals surface area contributed by atoms with E-state index in [2.05, 4.69) is 12.2 Å². The monoisotopic (exact) mass is 431 g/mol. The molecule has 2 N–H and O–H groups in total. The van der Waals surface area contributed by atoms with Gasteiger partial charge in [0.15, 0.2) is 0 Å². The SMILES string of the molecule is CCCCCCCCCCCCCCCCCCCNC(=O)c1ccc(C(=O)O)cc1. The molecule has 0 aliphatic heterocycles. The molecule has 0 aliphatic carbocycles. The van der Waals surface area contributed by atoms with Crippen LogP contribution in [0.3, 0.4) is 0 Å². The van der Waals surface area contributed by atoms with Gasteiger partial charge in [-0.05, 0) is 30.7 Å². The molecule has 31 heavy (non-hydrogen) atoms. The van der Waals surface area contributed by atoms with Crippen LogP contribution in [0.2, 0.25) is 0 Å². The Hall–Kier alpha value is -1.84. The lowest BCUT2D eigenvalue weighted by Crippen LogP contribution is -2.24. The van der Waals surface area contributed by atoms with E-state index in [9.17, 15) is 9.59 Å². The molecule has 1 amide bonds. The predicted molar refractivity (Wildman–Crippen MR) is 130 cm³/mol. The number of unbranched alkanes of at least 4 members (excludes halogenated alkanes) is 16. The molecule has 1 aromatic rings. The summed E-state index contributed by atoms with van der Waals surface area (Å²) in [6.07, 6.45) is 22.9. The fraction of sp³-hybridized carbons (Fsp3) is 0.704. The quantitative estimate of drug-likeness (QED) is 0.207. The van der Waals surface area contributed by atoms with Gasteiger partial charge in [0.2, 0.25) is 0 Å². The lowest BCUT2D eigenvalue weighted by Gasteiger charge is -2.06. The molecule has 0 spiro atoms. The maximum absolute atomic E-state index is 12.0. The van der Waals surface area contributed by atoms with Gasteiger partial charge in [-0.1, -0.05) is 110 Å². The lowest BCUT2D eigenvalue weighted by atomic mass is 10.0. The van der Waals surface area contributed by atoms with Gasteiger partial charge >= 0.3 is 5.97 Å². The normalized spacial score (nSPS) is 10.9. The zero-order valence-electron chi connectivity index (χ0n) is 19.8. The Morgan fingerprint density at radius 3 is 1.35 bits per heavy atom. The van der Waals surface area contributed by atoms with Crippen LogP contribution in [0.25, 0.3) is 0 Å². The molecule has 0 bridgehead atoms. The maximum atomic E-state index is 12.0. The molecule has 0 aromatic heterocycles. The number of hydrogen-bond donors (Lipinski definition) is 2. The van der Waals surface area contributed by atoms with Gasteiger partial charge in [-0.2, -0.15) is 0 Å². The van der Waals surface area contributed by atoms with E-state index < -0.39 is 5.97 Å². The van der Waals surface area contributed by atoms with E-state index >= 15 is 0 Å². The molecule has 0 saturated heterocycles. The average molecular weight is 432 g/mol. The summed E-state index contributed by atoms with van der Waals surface area (Å²) >= 11 is 0. The first-order valence-electron chi connectivity index (χ1n) is 12.8. The number of aromatic carboxylic acids is 1. The van der Waals surface area contributed by atoms with E-state index in [-0.39, 0.29) is 11.5 Å². The minimum Gasteiger partial charge on any atom is -0.478 e. The van der Waals surface area contributed by atoms with E-state index in [0.29, 0.717) is 12.1 Å². The summed E-state index contributed by atoms with van der Waals surface area (Å²) in [5.74, 6) is -1.11. The van der Waals surface area contributed by atoms with Crippen molar-refractivity contribution >= 4 is 11.9 Å². The van der Waals surface area contributed by atoms with Crippen molar-refractivity contribution in [1.82, 2.24) is 5.32 Å². The van der Waals surface area contributed by atoms with E-state index in [1.807, 2.05) is 0 Å². The van der Waals surface area contributed by atoms with E-state index in [1.165, 1.54) is 108 Å². The molecular formula is C27H45NO3. The molecule has 0 atom stereocenters. The van der Waals surface area contributed by atoms with E-state index in [0.717, 1.165) is 12.8 Å². The van der Waals surface area contributed by atoms with E-state index in [1.54, 1.807) is 12.1 Å². The summed E-state index contributed by atoms with van der Waals surface area (Å²) in [5, 5.41) is 11.8. The second-order valence-corrected chi connectivity index (χ2v) is 8.80. The maximum Gasteiger partial charge on any atom is 0.335 e. The van der Waals surface area contributed by atoms with Crippen molar-refractivity contribution in [3.8, 4) is 0 Å². The average Bonchev–Trinajstić information content (AvgIpc) is 2.78. The molecule has 0 heterocycles. The molecule has 0 aliphatic rings. The molecule has 4 heteroatoms. The molecule has 176 valence electrons. The van der Waals surface area contributed by atoms with Gasteiger partial charge in [0.1, 0.15) is 0 Å². The second kappa shape index (κ2) is 18.9. The molecule has 0 saturated carbocycles. The number of carbonyl (C=O) groups is 2. The first kappa shape index (κ1) is 27.2. The van der Waals surface area contributed by atoms with Gasteiger partial charge in [-0.25, -0.2) is 4.79 Å². The fourth-order valence-electron chi connectivity index (χ4n) is 3.92. The molecule has 0 radical (unpaired) electrons. The third-order valence-corrected chi connectivity index (χ3v) is 5.96. The number of carboxylic acid groups (broad SMARTS) is 1. The molecule has 0 unspecified atom stereocenters. The van der Waals surface area contributed by atoms with Crippen LogP contribution in [-0.4, -0.2) is 23.5 Å². The van der Waals surface area contributed by atoms with E-state index in [4.69, 9.17) is 5.11 Å². The zero-order valence-corrected chi connectivity index (χ0v) is 19.8. The van der Waals surface area contributed by atoms with Crippen molar-refractivity contribution in [1.29, 1.82) is 0 Å². The van der Waals surface area contributed by atoms with Crippen LogP contribution in [0.5, 0.6) is 0 Å². The summed E-state index contributed by atoms with van der Waals surface area (Å²) in [7, 11) is 0. The summed E-state index contributed by atoms with van der Waals surface area (Å²) < 4.78 is 0. The highest BCUT2D eigenvalue weighted by Crippen LogP contribution is 2.14. The van der Waals surface area contributed by atoms with Crippen molar-refractivity contribution < 1.29 is 14.7 Å². The third kappa shape index (κ3) is 14.7. The molecule has 4 nitrogen and oxygen atoms in total. The second-order valence-electron chi connectivity index (χ2n) is 8.80. The molecule has 0 fully saturated rings. The minimum atomic E-state index is -0.976.